The number of rotatable bonds is 7. The zero-order chi connectivity index (χ0) is 10.2. The average Bonchev–Trinajstić information content (AvgIpc) is 2.68. The fourth-order valence-corrected chi connectivity index (χ4v) is 2.37. The molecule has 0 aromatic rings. The van der Waals surface area contributed by atoms with Crippen molar-refractivity contribution in [1.29, 1.82) is 0 Å². The standard InChI is InChI=1S/C13H24O/c1-2-3-4-9-13(14)11-10-12-7-5-6-8-12/h2,12-14H,1,3-11H2. The van der Waals surface area contributed by atoms with Gasteiger partial charge in [0.15, 0.2) is 0 Å². The lowest BCUT2D eigenvalue weighted by molar-refractivity contribution is 0.143. The van der Waals surface area contributed by atoms with E-state index in [2.05, 4.69) is 6.58 Å². The van der Waals surface area contributed by atoms with Crippen molar-refractivity contribution in [1.82, 2.24) is 0 Å². The van der Waals surface area contributed by atoms with Gasteiger partial charge in [-0.3, -0.25) is 0 Å². The van der Waals surface area contributed by atoms with E-state index in [-0.39, 0.29) is 6.10 Å². The van der Waals surface area contributed by atoms with Gasteiger partial charge in [0.25, 0.3) is 0 Å². The summed E-state index contributed by atoms with van der Waals surface area (Å²) in [6.07, 6.45) is 12.9. The van der Waals surface area contributed by atoms with Gasteiger partial charge in [-0.2, -0.15) is 0 Å². The lowest BCUT2D eigenvalue weighted by atomic mass is 9.97. The topological polar surface area (TPSA) is 20.2 Å². The quantitative estimate of drug-likeness (QED) is 0.486. The van der Waals surface area contributed by atoms with Crippen LogP contribution in [0.15, 0.2) is 12.7 Å². The number of aliphatic hydroxyl groups is 1. The van der Waals surface area contributed by atoms with E-state index in [0.717, 1.165) is 31.6 Å². The lowest BCUT2D eigenvalue weighted by Crippen LogP contribution is -2.08. The number of aliphatic hydroxyl groups excluding tert-OH is 1. The van der Waals surface area contributed by atoms with E-state index in [4.69, 9.17) is 0 Å². The molecule has 1 N–H and O–H groups in total. The molecular weight excluding hydrogens is 172 g/mol. The van der Waals surface area contributed by atoms with E-state index in [0.29, 0.717) is 0 Å². The van der Waals surface area contributed by atoms with Gasteiger partial charge in [0.05, 0.1) is 6.10 Å². The summed E-state index contributed by atoms with van der Waals surface area (Å²) in [7, 11) is 0. The van der Waals surface area contributed by atoms with Crippen molar-refractivity contribution in [2.45, 2.75) is 63.9 Å². The lowest BCUT2D eigenvalue weighted by Gasteiger charge is -2.13. The van der Waals surface area contributed by atoms with Crippen LogP contribution in [0.4, 0.5) is 0 Å². The molecule has 0 saturated heterocycles. The zero-order valence-corrected chi connectivity index (χ0v) is 9.25. The monoisotopic (exact) mass is 196 g/mol. The Kier molecular flexibility index (Phi) is 5.93. The predicted molar refractivity (Wildman–Crippen MR) is 61.2 cm³/mol. The molecule has 1 aliphatic rings. The Morgan fingerprint density at radius 3 is 2.64 bits per heavy atom. The average molecular weight is 196 g/mol. The van der Waals surface area contributed by atoms with Gasteiger partial charge in [0, 0.05) is 0 Å². The minimum Gasteiger partial charge on any atom is -0.393 e. The largest absolute Gasteiger partial charge is 0.393 e. The summed E-state index contributed by atoms with van der Waals surface area (Å²) >= 11 is 0. The van der Waals surface area contributed by atoms with Crippen LogP contribution >= 0.6 is 0 Å². The van der Waals surface area contributed by atoms with Gasteiger partial charge in [-0.05, 0) is 38.0 Å². The molecule has 82 valence electrons. The Morgan fingerprint density at radius 2 is 2.00 bits per heavy atom. The van der Waals surface area contributed by atoms with E-state index in [1.807, 2.05) is 6.08 Å². The number of unbranched alkanes of at least 4 members (excludes halogenated alkanes) is 1. The maximum Gasteiger partial charge on any atom is 0.0540 e. The van der Waals surface area contributed by atoms with Crippen LogP contribution in [0.1, 0.15) is 57.8 Å². The van der Waals surface area contributed by atoms with E-state index < -0.39 is 0 Å². The molecule has 14 heavy (non-hydrogen) atoms. The van der Waals surface area contributed by atoms with Crippen molar-refractivity contribution in [3.8, 4) is 0 Å². The van der Waals surface area contributed by atoms with Crippen molar-refractivity contribution in [3.05, 3.63) is 12.7 Å². The van der Waals surface area contributed by atoms with Crippen molar-refractivity contribution < 1.29 is 5.11 Å². The SMILES string of the molecule is C=CCCCC(O)CCC1CCCC1. The second-order valence-corrected chi connectivity index (χ2v) is 4.60. The molecule has 0 spiro atoms. The second kappa shape index (κ2) is 7.05. The summed E-state index contributed by atoms with van der Waals surface area (Å²) in [4.78, 5) is 0. The summed E-state index contributed by atoms with van der Waals surface area (Å²) in [5, 5.41) is 9.70. The van der Waals surface area contributed by atoms with Crippen LogP contribution in [-0.4, -0.2) is 11.2 Å². The normalized spacial score (nSPS) is 19.8. The van der Waals surface area contributed by atoms with Crippen LogP contribution in [0.5, 0.6) is 0 Å². The second-order valence-electron chi connectivity index (χ2n) is 4.60. The first-order valence-electron chi connectivity index (χ1n) is 6.12. The molecule has 0 heterocycles. The minimum absolute atomic E-state index is 0.0597. The fourth-order valence-electron chi connectivity index (χ4n) is 2.37. The maximum atomic E-state index is 9.70. The van der Waals surface area contributed by atoms with Gasteiger partial charge in [-0.25, -0.2) is 0 Å². The molecule has 0 amide bonds. The van der Waals surface area contributed by atoms with Crippen LogP contribution in [-0.2, 0) is 0 Å². The third-order valence-electron chi connectivity index (χ3n) is 3.33. The Labute approximate surface area is 88.2 Å². The van der Waals surface area contributed by atoms with Gasteiger partial charge in [0.2, 0.25) is 0 Å². The predicted octanol–water partition coefficient (Wildman–Crippen LogP) is 3.67. The van der Waals surface area contributed by atoms with Crippen LogP contribution in [0.25, 0.3) is 0 Å². The molecule has 1 saturated carbocycles. The Balaban J connectivity index is 1.96. The van der Waals surface area contributed by atoms with Gasteiger partial charge in [-0.1, -0.05) is 31.8 Å². The van der Waals surface area contributed by atoms with E-state index in [1.165, 1.54) is 32.1 Å². The Hall–Kier alpha value is -0.300. The summed E-state index contributed by atoms with van der Waals surface area (Å²) < 4.78 is 0. The van der Waals surface area contributed by atoms with Crippen molar-refractivity contribution in [3.63, 3.8) is 0 Å². The highest BCUT2D eigenvalue weighted by Gasteiger charge is 2.15. The summed E-state index contributed by atoms with van der Waals surface area (Å²) in [6, 6.07) is 0. The molecule has 1 fully saturated rings. The van der Waals surface area contributed by atoms with Crippen LogP contribution in [0, 0.1) is 5.92 Å². The van der Waals surface area contributed by atoms with Crippen molar-refractivity contribution in [2.24, 2.45) is 5.92 Å². The highest BCUT2D eigenvalue weighted by Crippen LogP contribution is 2.29. The Morgan fingerprint density at radius 1 is 1.29 bits per heavy atom. The Bertz CT molecular complexity index is 147. The number of hydrogen-bond acceptors (Lipinski definition) is 1. The van der Waals surface area contributed by atoms with Gasteiger partial charge in [-0.15, -0.1) is 6.58 Å². The molecule has 1 aliphatic carbocycles. The van der Waals surface area contributed by atoms with E-state index >= 15 is 0 Å². The first-order chi connectivity index (χ1) is 6.83. The minimum atomic E-state index is -0.0597. The fraction of sp³-hybridized carbons (Fsp3) is 0.846. The molecule has 0 radical (unpaired) electrons. The molecule has 0 aromatic carbocycles. The van der Waals surface area contributed by atoms with Crippen LogP contribution in [0.2, 0.25) is 0 Å². The molecule has 1 nitrogen and oxygen atoms in total. The number of allylic oxidation sites excluding steroid dienone is 1. The van der Waals surface area contributed by atoms with Crippen molar-refractivity contribution >= 4 is 0 Å². The zero-order valence-electron chi connectivity index (χ0n) is 9.25. The summed E-state index contributed by atoms with van der Waals surface area (Å²) in [6.45, 7) is 3.68. The van der Waals surface area contributed by atoms with Gasteiger partial charge in [0.1, 0.15) is 0 Å². The third kappa shape index (κ3) is 4.80. The first-order valence-corrected chi connectivity index (χ1v) is 6.12. The van der Waals surface area contributed by atoms with Crippen LogP contribution in [0.3, 0.4) is 0 Å². The first kappa shape index (κ1) is 11.8. The molecule has 0 aromatic heterocycles. The van der Waals surface area contributed by atoms with Gasteiger partial charge >= 0.3 is 0 Å². The molecule has 1 unspecified atom stereocenters. The molecule has 1 atom stereocenters. The smallest absolute Gasteiger partial charge is 0.0540 e. The van der Waals surface area contributed by atoms with Gasteiger partial charge < -0.3 is 5.11 Å². The highest BCUT2D eigenvalue weighted by atomic mass is 16.3. The third-order valence-corrected chi connectivity index (χ3v) is 3.33. The molecule has 1 rings (SSSR count). The summed E-state index contributed by atoms with van der Waals surface area (Å²) in [5.41, 5.74) is 0. The summed E-state index contributed by atoms with van der Waals surface area (Å²) in [5.74, 6) is 0.920. The van der Waals surface area contributed by atoms with Crippen LogP contribution < -0.4 is 0 Å². The maximum absolute atomic E-state index is 9.70. The number of hydrogen-bond donors (Lipinski definition) is 1. The molecule has 1 heteroatoms. The van der Waals surface area contributed by atoms with E-state index in [1.54, 1.807) is 0 Å². The van der Waals surface area contributed by atoms with Crippen molar-refractivity contribution in [2.75, 3.05) is 0 Å². The highest BCUT2D eigenvalue weighted by molar-refractivity contribution is 4.71. The molecular formula is C13H24O. The molecule has 0 bridgehead atoms. The van der Waals surface area contributed by atoms with E-state index in [9.17, 15) is 5.11 Å². The molecule has 0 aliphatic heterocycles.